The maximum absolute atomic E-state index is 10.8. The van der Waals surface area contributed by atoms with E-state index in [4.69, 9.17) is 21.1 Å². The Kier molecular flexibility index (Phi) is 5.28. The molecule has 23 heavy (non-hydrogen) atoms. The van der Waals surface area contributed by atoms with Gasteiger partial charge >= 0.3 is 0 Å². The molecule has 0 unspecified atom stereocenters. The van der Waals surface area contributed by atoms with Crippen molar-refractivity contribution in [2.45, 2.75) is 13.0 Å². The van der Waals surface area contributed by atoms with Crippen LogP contribution in [0.2, 0.25) is 5.02 Å². The molecule has 0 aliphatic heterocycles. The molecule has 0 bridgehead atoms. The van der Waals surface area contributed by atoms with Gasteiger partial charge in [-0.2, -0.15) is 0 Å². The Bertz CT molecular complexity index is 721. The third-order valence-corrected chi connectivity index (χ3v) is 3.75. The van der Waals surface area contributed by atoms with Crippen molar-refractivity contribution in [3.05, 3.63) is 57.1 Å². The number of non-ortho nitro benzene ring substituents is 1. The lowest BCUT2D eigenvalue weighted by atomic mass is 10.1. The quantitative estimate of drug-likeness (QED) is 0.623. The van der Waals surface area contributed by atoms with Gasteiger partial charge in [0.25, 0.3) is 5.69 Å². The number of nitro groups is 1. The first-order valence-corrected chi connectivity index (χ1v) is 7.26. The Morgan fingerprint density at radius 1 is 1.17 bits per heavy atom. The maximum Gasteiger partial charge on any atom is 0.271 e. The number of anilines is 1. The highest BCUT2D eigenvalue weighted by Crippen LogP contribution is 2.34. The summed E-state index contributed by atoms with van der Waals surface area (Å²) in [4.78, 5) is 10.3. The molecule has 0 aliphatic carbocycles. The third kappa shape index (κ3) is 3.84. The molecule has 0 spiro atoms. The molecule has 2 aromatic carbocycles. The van der Waals surface area contributed by atoms with Gasteiger partial charge in [-0.25, -0.2) is 0 Å². The lowest BCUT2D eigenvalue weighted by molar-refractivity contribution is -0.384. The molecule has 0 heterocycles. The molecule has 1 N–H and O–H groups in total. The Morgan fingerprint density at radius 2 is 1.91 bits per heavy atom. The second-order valence-electron chi connectivity index (χ2n) is 4.90. The zero-order valence-electron chi connectivity index (χ0n) is 13.0. The average molecular weight is 337 g/mol. The van der Waals surface area contributed by atoms with E-state index in [1.165, 1.54) is 12.1 Å². The fourth-order valence-electron chi connectivity index (χ4n) is 2.22. The first-order chi connectivity index (χ1) is 11.0. The molecule has 0 aromatic heterocycles. The minimum Gasteiger partial charge on any atom is -0.497 e. The summed E-state index contributed by atoms with van der Waals surface area (Å²) in [6.07, 6.45) is 0. The van der Waals surface area contributed by atoms with Crippen molar-refractivity contribution in [3.63, 3.8) is 0 Å². The van der Waals surface area contributed by atoms with Gasteiger partial charge < -0.3 is 14.8 Å². The number of nitrogens with one attached hydrogen (secondary N) is 1. The first-order valence-electron chi connectivity index (χ1n) is 6.88. The molecule has 0 aliphatic rings. The lowest BCUT2D eigenvalue weighted by Crippen LogP contribution is -2.09. The van der Waals surface area contributed by atoms with E-state index in [1.54, 1.807) is 20.3 Å². The summed E-state index contributed by atoms with van der Waals surface area (Å²) in [6, 6.07) is 9.68. The van der Waals surface area contributed by atoms with Crippen molar-refractivity contribution in [1.29, 1.82) is 0 Å². The van der Waals surface area contributed by atoms with E-state index < -0.39 is 4.92 Å². The smallest absolute Gasteiger partial charge is 0.271 e. The molecule has 0 saturated carbocycles. The highest BCUT2D eigenvalue weighted by atomic mass is 35.5. The van der Waals surface area contributed by atoms with Crippen LogP contribution in [0.4, 0.5) is 11.4 Å². The third-order valence-electron chi connectivity index (χ3n) is 3.44. The van der Waals surface area contributed by atoms with Gasteiger partial charge in [0, 0.05) is 17.7 Å². The van der Waals surface area contributed by atoms with Crippen LogP contribution < -0.4 is 14.8 Å². The van der Waals surface area contributed by atoms with E-state index in [9.17, 15) is 10.1 Å². The summed E-state index contributed by atoms with van der Waals surface area (Å²) in [6.45, 7) is 1.94. The number of ether oxygens (including phenoxy) is 2. The van der Waals surface area contributed by atoms with Crippen molar-refractivity contribution >= 4 is 23.0 Å². The minimum absolute atomic E-state index is 0.0489. The predicted molar refractivity (Wildman–Crippen MR) is 89.7 cm³/mol. The van der Waals surface area contributed by atoms with E-state index in [1.807, 2.05) is 25.1 Å². The van der Waals surface area contributed by atoms with Gasteiger partial charge in [0.1, 0.15) is 11.5 Å². The molecule has 0 fully saturated rings. The predicted octanol–water partition coefficient (Wildman–Crippen LogP) is 4.44. The Labute approximate surface area is 139 Å². The van der Waals surface area contributed by atoms with E-state index >= 15 is 0 Å². The molecular formula is C16H17ClN2O4. The summed E-state index contributed by atoms with van der Waals surface area (Å²) in [5.74, 6) is 1.42. The normalized spacial score (nSPS) is 11.7. The van der Waals surface area contributed by atoms with Gasteiger partial charge in [-0.15, -0.1) is 0 Å². The van der Waals surface area contributed by atoms with Crippen molar-refractivity contribution in [1.82, 2.24) is 0 Å². The van der Waals surface area contributed by atoms with Crippen molar-refractivity contribution in [3.8, 4) is 11.5 Å². The highest BCUT2D eigenvalue weighted by Gasteiger charge is 2.15. The molecule has 6 nitrogen and oxygen atoms in total. The van der Waals surface area contributed by atoms with Gasteiger partial charge in [-0.05, 0) is 31.2 Å². The summed E-state index contributed by atoms with van der Waals surface area (Å²) in [7, 11) is 3.19. The number of methoxy groups -OCH3 is 2. The number of hydrogen-bond acceptors (Lipinski definition) is 5. The van der Waals surface area contributed by atoms with Crippen LogP contribution in [-0.2, 0) is 0 Å². The first kappa shape index (κ1) is 16.9. The molecule has 1 atom stereocenters. The number of nitro benzene ring substituents is 1. The maximum atomic E-state index is 10.8. The molecule has 0 amide bonds. The van der Waals surface area contributed by atoms with Gasteiger partial charge in [-0.1, -0.05) is 11.6 Å². The molecule has 0 saturated heterocycles. The van der Waals surface area contributed by atoms with Crippen LogP contribution in [0.15, 0.2) is 36.4 Å². The van der Waals surface area contributed by atoms with E-state index in [0.717, 1.165) is 5.56 Å². The average Bonchev–Trinajstić information content (AvgIpc) is 2.55. The standard InChI is InChI=1S/C16H17ClN2O4/c1-10(13-9-12(22-2)5-7-16(13)23-3)18-15-6-4-11(19(20)21)8-14(15)17/h4-10,18H,1-3H3/t10-/m0/s1. The van der Waals surface area contributed by atoms with Crippen LogP contribution in [0, 0.1) is 10.1 Å². The number of halogens is 1. The molecule has 7 heteroatoms. The highest BCUT2D eigenvalue weighted by molar-refractivity contribution is 6.33. The summed E-state index contributed by atoms with van der Waals surface area (Å²) < 4.78 is 10.6. The van der Waals surface area contributed by atoms with Gasteiger partial charge in [0.05, 0.1) is 35.9 Å². The van der Waals surface area contributed by atoms with Crippen LogP contribution in [0.3, 0.4) is 0 Å². The van der Waals surface area contributed by atoms with Crippen LogP contribution in [0.25, 0.3) is 0 Å². The van der Waals surface area contributed by atoms with Crippen LogP contribution in [-0.4, -0.2) is 19.1 Å². The van der Waals surface area contributed by atoms with Gasteiger partial charge in [0.15, 0.2) is 0 Å². The van der Waals surface area contributed by atoms with Crippen molar-refractivity contribution < 1.29 is 14.4 Å². The van der Waals surface area contributed by atoms with Crippen LogP contribution in [0.5, 0.6) is 11.5 Å². The van der Waals surface area contributed by atoms with Crippen molar-refractivity contribution in [2.24, 2.45) is 0 Å². The monoisotopic (exact) mass is 336 g/mol. The zero-order valence-corrected chi connectivity index (χ0v) is 13.8. The SMILES string of the molecule is COc1ccc(OC)c([C@H](C)Nc2ccc([N+](=O)[O-])cc2Cl)c1. The molecule has 0 radical (unpaired) electrons. The summed E-state index contributed by atoms with van der Waals surface area (Å²) in [5.41, 5.74) is 1.45. The van der Waals surface area contributed by atoms with E-state index in [-0.39, 0.29) is 16.8 Å². The summed E-state index contributed by atoms with van der Waals surface area (Å²) >= 11 is 6.11. The summed E-state index contributed by atoms with van der Waals surface area (Å²) in [5, 5.41) is 14.3. The van der Waals surface area contributed by atoms with Gasteiger partial charge in [-0.3, -0.25) is 10.1 Å². The zero-order chi connectivity index (χ0) is 17.0. The van der Waals surface area contributed by atoms with E-state index in [2.05, 4.69) is 5.32 Å². The Hall–Kier alpha value is -2.47. The number of nitrogens with zero attached hydrogens (tertiary/aromatic N) is 1. The molecular weight excluding hydrogens is 320 g/mol. The second kappa shape index (κ2) is 7.19. The molecule has 2 aromatic rings. The Morgan fingerprint density at radius 3 is 2.48 bits per heavy atom. The molecule has 122 valence electrons. The van der Waals surface area contributed by atoms with Crippen LogP contribution >= 0.6 is 11.6 Å². The number of hydrogen-bond donors (Lipinski definition) is 1. The fraction of sp³-hybridized carbons (Fsp3) is 0.250. The largest absolute Gasteiger partial charge is 0.497 e. The number of benzene rings is 2. The van der Waals surface area contributed by atoms with Crippen molar-refractivity contribution in [2.75, 3.05) is 19.5 Å². The topological polar surface area (TPSA) is 73.6 Å². The van der Waals surface area contributed by atoms with Gasteiger partial charge in [0.2, 0.25) is 0 Å². The minimum atomic E-state index is -0.482. The lowest BCUT2D eigenvalue weighted by Gasteiger charge is -2.20. The molecule has 2 rings (SSSR count). The Balaban J connectivity index is 2.28. The number of rotatable bonds is 6. The second-order valence-corrected chi connectivity index (χ2v) is 5.30. The van der Waals surface area contributed by atoms with E-state index in [0.29, 0.717) is 17.2 Å². The van der Waals surface area contributed by atoms with Crippen LogP contribution in [0.1, 0.15) is 18.5 Å². The fourth-order valence-corrected chi connectivity index (χ4v) is 2.45.